The molecule has 0 heterocycles. The van der Waals surface area contributed by atoms with Crippen LogP contribution in [0.3, 0.4) is 0 Å². The highest BCUT2D eigenvalue weighted by Crippen LogP contribution is 2.30. The van der Waals surface area contributed by atoms with Crippen molar-refractivity contribution in [2.24, 2.45) is 5.41 Å². The predicted molar refractivity (Wildman–Crippen MR) is 79.3 cm³/mol. The Hall–Kier alpha value is -0.820. The van der Waals surface area contributed by atoms with E-state index in [1.165, 1.54) is 16.7 Å². The zero-order valence-electron chi connectivity index (χ0n) is 12.6. The molecule has 0 saturated heterocycles. The molecule has 0 aliphatic heterocycles. The first-order valence-corrected chi connectivity index (χ1v) is 6.52. The molecule has 0 radical (unpaired) electrons. The zero-order valence-corrected chi connectivity index (χ0v) is 12.6. The van der Waals surface area contributed by atoms with Crippen molar-refractivity contribution in [1.29, 1.82) is 0 Å². The van der Waals surface area contributed by atoms with Gasteiger partial charge in [-0.1, -0.05) is 48.8 Å². The van der Waals surface area contributed by atoms with Gasteiger partial charge >= 0.3 is 0 Å². The van der Waals surface area contributed by atoms with Crippen molar-refractivity contribution < 1.29 is 0 Å². The second kappa shape index (κ2) is 7.50. The molecule has 0 rings (SSSR count). The Morgan fingerprint density at radius 1 is 1.18 bits per heavy atom. The summed E-state index contributed by atoms with van der Waals surface area (Å²) < 4.78 is 0. The van der Waals surface area contributed by atoms with Crippen LogP contribution in [0, 0.1) is 5.41 Å². The SMILES string of the molecule is CC/C=C(C)/C=C\C(C)(CNC)C(C)=C(C)C. The zero-order chi connectivity index (χ0) is 13.5. The molecule has 0 fully saturated rings. The normalized spacial score (nSPS) is 16.1. The number of allylic oxidation sites excluding steroid dienone is 4. The second-order valence-corrected chi connectivity index (χ2v) is 5.26. The molecule has 0 saturated carbocycles. The van der Waals surface area contributed by atoms with Crippen LogP contribution in [-0.2, 0) is 0 Å². The third kappa shape index (κ3) is 5.36. The molecular weight excluding hydrogens is 206 g/mol. The van der Waals surface area contributed by atoms with Crippen molar-refractivity contribution in [3.05, 3.63) is 34.9 Å². The topological polar surface area (TPSA) is 12.0 Å². The highest BCUT2D eigenvalue weighted by atomic mass is 14.8. The maximum Gasteiger partial charge on any atom is 0.0190 e. The van der Waals surface area contributed by atoms with Gasteiger partial charge in [0.1, 0.15) is 0 Å². The van der Waals surface area contributed by atoms with Crippen LogP contribution in [-0.4, -0.2) is 13.6 Å². The summed E-state index contributed by atoms with van der Waals surface area (Å²) in [7, 11) is 2.01. The first kappa shape index (κ1) is 16.2. The summed E-state index contributed by atoms with van der Waals surface area (Å²) in [5, 5.41) is 3.29. The van der Waals surface area contributed by atoms with Gasteiger partial charge in [0.2, 0.25) is 0 Å². The summed E-state index contributed by atoms with van der Waals surface area (Å²) in [5.41, 5.74) is 4.31. The average Bonchev–Trinajstić information content (AvgIpc) is 2.26. The van der Waals surface area contributed by atoms with Gasteiger partial charge < -0.3 is 5.32 Å². The van der Waals surface area contributed by atoms with E-state index < -0.39 is 0 Å². The van der Waals surface area contributed by atoms with E-state index in [0.717, 1.165) is 13.0 Å². The smallest absolute Gasteiger partial charge is 0.0190 e. The summed E-state index contributed by atoms with van der Waals surface area (Å²) in [6.07, 6.45) is 7.93. The van der Waals surface area contributed by atoms with Crippen molar-refractivity contribution in [2.45, 2.75) is 48.0 Å². The van der Waals surface area contributed by atoms with Crippen LogP contribution in [0.4, 0.5) is 0 Å². The maximum absolute atomic E-state index is 3.29. The molecule has 0 spiro atoms. The molecule has 0 bridgehead atoms. The minimum absolute atomic E-state index is 0.108. The van der Waals surface area contributed by atoms with Crippen LogP contribution in [0.1, 0.15) is 48.0 Å². The van der Waals surface area contributed by atoms with Gasteiger partial charge in [-0.3, -0.25) is 0 Å². The summed E-state index contributed by atoms with van der Waals surface area (Å²) in [4.78, 5) is 0. The van der Waals surface area contributed by atoms with Gasteiger partial charge in [-0.15, -0.1) is 0 Å². The third-order valence-electron chi connectivity index (χ3n) is 3.39. The summed E-state index contributed by atoms with van der Waals surface area (Å²) >= 11 is 0. The quantitative estimate of drug-likeness (QED) is 0.528. The number of hydrogen-bond donors (Lipinski definition) is 1. The van der Waals surface area contributed by atoms with Gasteiger partial charge in [-0.25, -0.2) is 0 Å². The van der Waals surface area contributed by atoms with Gasteiger partial charge in [-0.2, -0.15) is 0 Å². The lowest BCUT2D eigenvalue weighted by molar-refractivity contribution is 0.478. The fourth-order valence-electron chi connectivity index (χ4n) is 1.96. The molecule has 1 heteroatoms. The molecule has 0 aromatic heterocycles. The molecule has 1 nitrogen and oxygen atoms in total. The van der Waals surface area contributed by atoms with Crippen LogP contribution < -0.4 is 5.32 Å². The molecule has 1 unspecified atom stereocenters. The fourth-order valence-corrected chi connectivity index (χ4v) is 1.96. The Balaban J connectivity index is 5.11. The van der Waals surface area contributed by atoms with Crippen LogP contribution >= 0.6 is 0 Å². The van der Waals surface area contributed by atoms with Crippen molar-refractivity contribution in [3.8, 4) is 0 Å². The van der Waals surface area contributed by atoms with Crippen LogP contribution in [0.5, 0.6) is 0 Å². The van der Waals surface area contributed by atoms with E-state index in [0.29, 0.717) is 0 Å². The van der Waals surface area contributed by atoms with Crippen LogP contribution in [0.25, 0.3) is 0 Å². The van der Waals surface area contributed by atoms with Crippen molar-refractivity contribution in [1.82, 2.24) is 5.32 Å². The molecule has 0 aromatic carbocycles. The molecule has 0 aliphatic rings. The van der Waals surface area contributed by atoms with Gasteiger partial charge in [0, 0.05) is 12.0 Å². The van der Waals surface area contributed by atoms with E-state index in [-0.39, 0.29) is 5.41 Å². The average molecular weight is 235 g/mol. The Morgan fingerprint density at radius 3 is 2.18 bits per heavy atom. The largest absolute Gasteiger partial charge is 0.319 e. The van der Waals surface area contributed by atoms with Crippen molar-refractivity contribution >= 4 is 0 Å². The van der Waals surface area contributed by atoms with Crippen molar-refractivity contribution in [3.63, 3.8) is 0 Å². The van der Waals surface area contributed by atoms with E-state index in [9.17, 15) is 0 Å². The summed E-state index contributed by atoms with van der Waals surface area (Å²) in [5.74, 6) is 0. The molecule has 1 N–H and O–H groups in total. The first-order chi connectivity index (χ1) is 7.87. The summed E-state index contributed by atoms with van der Waals surface area (Å²) in [6.45, 7) is 14.2. The lowest BCUT2D eigenvalue weighted by Gasteiger charge is -2.28. The van der Waals surface area contributed by atoms with Crippen LogP contribution in [0.2, 0.25) is 0 Å². The molecule has 17 heavy (non-hydrogen) atoms. The van der Waals surface area contributed by atoms with Crippen molar-refractivity contribution in [2.75, 3.05) is 13.6 Å². The number of nitrogens with one attached hydrogen (secondary N) is 1. The van der Waals surface area contributed by atoms with E-state index in [2.05, 4.69) is 65.1 Å². The minimum Gasteiger partial charge on any atom is -0.319 e. The van der Waals surface area contributed by atoms with Crippen LogP contribution in [0.15, 0.2) is 34.9 Å². The van der Waals surface area contributed by atoms with Gasteiger partial charge in [0.15, 0.2) is 0 Å². The monoisotopic (exact) mass is 235 g/mol. The predicted octanol–water partition coefficient (Wildman–Crippen LogP) is 4.48. The molecule has 0 aromatic rings. The Bertz CT molecular complexity index is 316. The highest BCUT2D eigenvalue weighted by Gasteiger charge is 2.22. The lowest BCUT2D eigenvalue weighted by Crippen LogP contribution is -2.29. The molecule has 0 amide bonds. The standard InChI is InChI=1S/C16H29N/c1-8-9-14(4)10-11-16(6,12-17-7)15(5)13(2)3/h9-11,17H,8,12H2,1-7H3/b11-10-,14-9+. The third-order valence-corrected chi connectivity index (χ3v) is 3.39. The number of rotatable bonds is 6. The van der Waals surface area contributed by atoms with E-state index >= 15 is 0 Å². The Labute approximate surface area is 108 Å². The second-order valence-electron chi connectivity index (χ2n) is 5.26. The van der Waals surface area contributed by atoms with E-state index in [1.54, 1.807) is 0 Å². The molecule has 0 aliphatic carbocycles. The fraction of sp³-hybridized carbons (Fsp3) is 0.625. The molecule has 1 atom stereocenters. The van der Waals surface area contributed by atoms with E-state index in [4.69, 9.17) is 0 Å². The maximum atomic E-state index is 3.29. The first-order valence-electron chi connectivity index (χ1n) is 6.52. The van der Waals surface area contributed by atoms with E-state index in [1.807, 2.05) is 7.05 Å². The van der Waals surface area contributed by atoms with Gasteiger partial charge in [-0.05, 0) is 41.2 Å². The highest BCUT2D eigenvalue weighted by molar-refractivity contribution is 5.28. The van der Waals surface area contributed by atoms with Gasteiger partial charge in [0.25, 0.3) is 0 Å². The van der Waals surface area contributed by atoms with Gasteiger partial charge in [0.05, 0.1) is 0 Å². The number of hydrogen-bond acceptors (Lipinski definition) is 1. The Kier molecular flexibility index (Phi) is 7.13. The summed E-state index contributed by atoms with van der Waals surface area (Å²) in [6, 6.07) is 0. The Morgan fingerprint density at radius 2 is 1.76 bits per heavy atom. The molecule has 98 valence electrons. The minimum atomic E-state index is 0.108. The molecular formula is C16H29N. The lowest BCUT2D eigenvalue weighted by atomic mass is 9.80.